The fourth-order valence-corrected chi connectivity index (χ4v) is 6.82. The van der Waals surface area contributed by atoms with Gasteiger partial charge in [0, 0.05) is 27.2 Å². The first kappa shape index (κ1) is 25.5. The molecule has 0 radical (unpaired) electrons. The van der Waals surface area contributed by atoms with Crippen LogP contribution in [0.3, 0.4) is 0 Å². The van der Waals surface area contributed by atoms with Crippen molar-refractivity contribution in [1.82, 2.24) is 0 Å². The highest BCUT2D eigenvalue weighted by Crippen LogP contribution is 2.51. The summed E-state index contributed by atoms with van der Waals surface area (Å²) in [4.78, 5) is 5.12. The number of rotatable bonds is 6. The molecule has 0 N–H and O–H groups in total. The van der Waals surface area contributed by atoms with E-state index in [1.807, 2.05) is 11.8 Å². The molecule has 0 aliphatic carbocycles. The van der Waals surface area contributed by atoms with E-state index in [9.17, 15) is 0 Å². The lowest BCUT2D eigenvalue weighted by Gasteiger charge is -2.36. The molecule has 1 aliphatic heterocycles. The summed E-state index contributed by atoms with van der Waals surface area (Å²) >= 11 is 1.91. The second-order valence-corrected chi connectivity index (χ2v) is 12.6. The van der Waals surface area contributed by atoms with Crippen LogP contribution in [0.4, 0.5) is 11.4 Å². The van der Waals surface area contributed by atoms with Crippen LogP contribution in [0.2, 0.25) is 0 Å². The van der Waals surface area contributed by atoms with Gasteiger partial charge in [-0.2, -0.15) is 0 Å². The summed E-state index contributed by atoms with van der Waals surface area (Å²) in [6.45, 7) is 10.1. The van der Waals surface area contributed by atoms with Gasteiger partial charge in [-0.3, -0.25) is 0 Å². The molecular weight excluding hydrogens is 490 g/mol. The third-order valence-corrected chi connectivity index (χ3v) is 9.43. The number of hydrogen-bond donors (Lipinski definition) is 0. The molecular formula is C37H35NS. The lowest BCUT2D eigenvalue weighted by atomic mass is 9.78. The van der Waals surface area contributed by atoms with E-state index in [0.717, 1.165) is 6.54 Å². The van der Waals surface area contributed by atoms with E-state index in [1.165, 1.54) is 49.0 Å². The SMILES string of the molecule is CC(C)(c1ccccc1)c1ccc2c(c1)Sc1cc(C(C)(C)c3ccccc3)ccc1N2Cc1ccccc1. The van der Waals surface area contributed by atoms with Gasteiger partial charge in [0.25, 0.3) is 0 Å². The molecule has 5 aromatic carbocycles. The highest BCUT2D eigenvalue weighted by Gasteiger charge is 2.30. The molecule has 0 saturated carbocycles. The lowest BCUT2D eigenvalue weighted by Crippen LogP contribution is -2.23. The summed E-state index contributed by atoms with van der Waals surface area (Å²) < 4.78 is 0. The zero-order chi connectivity index (χ0) is 27.0. The topological polar surface area (TPSA) is 3.24 Å². The first-order valence-electron chi connectivity index (χ1n) is 13.7. The first-order valence-corrected chi connectivity index (χ1v) is 14.5. The van der Waals surface area contributed by atoms with Gasteiger partial charge in [-0.05, 0) is 52.1 Å². The van der Waals surface area contributed by atoms with Crippen molar-refractivity contribution in [3.8, 4) is 0 Å². The van der Waals surface area contributed by atoms with E-state index in [4.69, 9.17) is 0 Å². The van der Waals surface area contributed by atoms with Gasteiger partial charge in [0.1, 0.15) is 0 Å². The molecule has 1 heterocycles. The van der Waals surface area contributed by atoms with E-state index in [0.29, 0.717) is 0 Å². The minimum Gasteiger partial charge on any atom is -0.335 e. The number of fused-ring (bicyclic) bond motifs is 2. The van der Waals surface area contributed by atoms with E-state index in [-0.39, 0.29) is 10.8 Å². The quantitative estimate of drug-likeness (QED) is 0.217. The lowest BCUT2D eigenvalue weighted by molar-refractivity contribution is 0.637. The average Bonchev–Trinajstić information content (AvgIpc) is 2.98. The van der Waals surface area contributed by atoms with Gasteiger partial charge >= 0.3 is 0 Å². The van der Waals surface area contributed by atoms with Crippen molar-refractivity contribution in [2.24, 2.45) is 0 Å². The van der Waals surface area contributed by atoms with Crippen molar-refractivity contribution in [2.75, 3.05) is 4.90 Å². The molecule has 0 amide bonds. The van der Waals surface area contributed by atoms with E-state index < -0.39 is 0 Å². The van der Waals surface area contributed by atoms with E-state index in [2.05, 4.69) is 160 Å². The normalized spacial score (nSPS) is 13.1. The Kier molecular flexibility index (Phi) is 6.61. The van der Waals surface area contributed by atoms with Gasteiger partial charge in [-0.15, -0.1) is 0 Å². The van der Waals surface area contributed by atoms with Gasteiger partial charge < -0.3 is 4.90 Å². The van der Waals surface area contributed by atoms with Crippen LogP contribution in [0, 0.1) is 0 Å². The van der Waals surface area contributed by atoms with Crippen LogP contribution >= 0.6 is 11.8 Å². The van der Waals surface area contributed by atoms with Crippen molar-refractivity contribution in [3.63, 3.8) is 0 Å². The van der Waals surface area contributed by atoms with Crippen molar-refractivity contribution in [3.05, 3.63) is 155 Å². The largest absolute Gasteiger partial charge is 0.335 e. The molecule has 39 heavy (non-hydrogen) atoms. The van der Waals surface area contributed by atoms with Gasteiger partial charge in [0.2, 0.25) is 0 Å². The Morgan fingerprint density at radius 3 is 1.33 bits per heavy atom. The minimum atomic E-state index is -0.0848. The predicted octanol–water partition coefficient (Wildman–Crippen LogP) is 10.1. The van der Waals surface area contributed by atoms with Gasteiger partial charge in [-0.1, -0.05) is 143 Å². The summed E-state index contributed by atoms with van der Waals surface area (Å²) in [5.41, 5.74) is 9.03. The number of anilines is 2. The van der Waals surface area contributed by atoms with Crippen LogP contribution in [-0.2, 0) is 17.4 Å². The molecule has 0 spiro atoms. The summed E-state index contributed by atoms with van der Waals surface area (Å²) in [5.74, 6) is 0. The summed E-state index contributed by atoms with van der Waals surface area (Å²) in [6.07, 6.45) is 0. The standard InChI is InChI=1S/C37H35NS/c1-36(2,28-16-10-6-11-17-28)30-20-22-32-34(24-30)39-35-25-31(37(3,4)29-18-12-7-13-19-29)21-23-33(35)38(32)26-27-14-8-5-9-15-27/h5-25H,26H2,1-4H3. The van der Waals surface area contributed by atoms with Crippen LogP contribution in [0.15, 0.2) is 137 Å². The summed E-state index contributed by atoms with van der Waals surface area (Å²) in [6, 6.07) is 46.6. The third kappa shape index (κ3) is 4.79. The second-order valence-electron chi connectivity index (χ2n) is 11.5. The van der Waals surface area contributed by atoms with Gasteiger partial charge in [0.05, 0.1) is 11.4 Å². The first-order chi connectivity index (χ1) is 18.8. The van der Waals surface area contributed by atoms with Crippen molar-refractivity contribution >= 4 is 23.1 Å². The van der Waals surface area contributed by atoms with Gasteiger partial charge in [0.15, 0.2) is 0 Å². The number of nitrogens with zero attached hydrogens (tertiary/aromatic N) is 1. The maximum absolute atomic E-state index is 2.50. The second kappa shape index (κ2) is 10.1. The average molecular weight is 526 g/mol. The molecule has 0 atom stereocenters. The van der Waals surface area contributed by atoms with Crippen molar-refractivity contribution in [1.29, 1.82) is 0 Å². The Morgan fingerprint density at radius 1 is 0.487 bits per heavy atom. The Hall–Kier alpha value is -3.75. The molecule has 0 saturated heterocycles. The third-order valence-electron chi connectivity index (χ3n) is 8.34. The fraction of sp³-hybridized carbons (Fsp3) is 0.189. The monoisotopic (exact) mass is 525 g/mol. The Bertz CT molecular complexity index is 1490. The zero-order valence-electron chi connectivity index (χ0n) is 23.2. The van der Waals surface area contributed by atoms with Crippen LogP contribution in [0.1, 0.15) is 55.5 Å². The molecule has 1 nitrogen and oxygen atoms in total. The fourth-order valence-electron chi connectivity index (χ4n) is 5.64. The minimum absolute atomic E-state index is 0.0848. The van der Waals surface area contributed by atoms with E-state index >= 15 is 0 Å². The van der Waals surface area contributed by atoms with Crippen LogP contribution in [0.25, 0.3) is 0 Å². The Labute approximate surface area is 237 Å². The molecule has 0 unspecified atom stereocenters. The molecule has 1 aliphatic rings. The highest BCUT2D eigenvalue weighted by molar-refractivity contribution is 7.99. The molecule has 0 bridgehead atoms. The summed E-state index contributed by atoms with van der Waals surface area (Å²) in [5, 5.41) is 0. The molecule has 0 fully saturated rings. The maximum Gasteiger partial charge on any atom is 0.0556 e. The van der Waals surface area contributed by atoms with Crippen molar-refractivity contribution in [2.45, 2.75) is 54.9 Å². The van der Waals surface area contributed by atoms with Crippen molar-refractivity contribution < 1.29 is 0 Å². The molecule has 5 aromatic rings. The Morgan fingerprint density at radius 2 is 0.897 bits per heavy atom. The van der Waals surface area contributed by atoms with Crippen LogP contribution in [-0.4, -0.2) is 0 Å². The van der Waals surface area contributed by atoms with E-state index in [1.54, 1.807) is 0 Å². The van der Waals surface area contributed by atoms with Gasteiger partial charge in [-0.25, -0.2) is 0 Å². The number of hydrogen-bond acceptors (Lipinski definition) is 2. The number of benzene rings is 5. The predicted molar refractivity (Wildman–Crippen MR) is 166 cm³/mol. The summed E-state index contributed by atoms with van der Waals surface area (Å²) in [7, 11) is 0. The molecule has 0 aromatic heterocycles. The maximum atomic E-state index is 2.50. The Balaban J connectivity index is 1.45. The molecule has 6 rings (SSSR count). The molecule has 2 heteroatoms. The highest BCUT2D eigenvalue weighted by atomic mass is 32.2. The van der Waals surface area contributed by atoms with Crippen LogP contribution < -0.4 is 4.90 Å². The smallest absolute Gasteiger partial charge is 0.0556 e. The van der Waals surface area contributed by atoms with Crippen LogP contribution in [0.5, 0.6) is 0 Å². The zero-order valence-corrected chi connectivity index (χ0v) is 24.0. The molecule has 194 valence electrons.